The maximum absolute atomic E-state index is 5.40. The highest BCUT2D eigenvalue weighted by Crippen LogP contribution is 2.29. The maximum Gasteiger partial charge on any atom is 0.126 e. The Morgan fingerprint density at radius 2 is 2.11 bits per heavy atom. The van der Waals surface area contributed by atoms with Gasteiger partial charge in [0.25, 0.3) is 0 Å². The first-order chi connectivity index (χ1) is 8.61. The number of nitrogens with one attached hydrogen (secondary N) is 1. The van der Waals surface area contributed by atoms with Crippen LogP contribution in [-0.2, 0) is 13.6 Å². The van der Waals surface area contributed by atoms with Crippen LogP contribution in [-0.4, -0.2) is 22.1 Å². The highest BCUT2D eigenvalue weighted by molar-refractivity contribution is 5.59. The zero-order valence-electron chi connectivity index (χ0n) is 11.2. The summed E-state index contributed by atoms with van der Waals surface area (Å²) in [4.78, 5) is 0. The molecule has 0 aliphatic rings. The van der Waals surface area contributed by atoms with Crippen LogP contribution >= 0.6 is 0 Å². The summed E-state index contributed by atoms with van der Waals surface area (Å²) >= 11 is 0. The van der Waals surface area contributed by atoms with Crippen molar-refractivity contribution in [3.63, 3.8) is 0 Å². The monoisotopic (exact) mass is 246 g/mol. The minimum absolute atomic E-state index is 0.654. The van der Waals surface area contributed by atoms with Gasteiger partial charge >= 0.3 is 0 Å². The Morgan fingerprint density at radius 3 is 2.72 bits per heavy atom. The van der Waals surface area contributed by atoms with Crippen LogP contribution in [0.3, 0.4) is 0 Å². The fourth-order valence-corrected chi connectivity index (χ4v) is 1.99. The normalized spacial score (nSPS) is 10.4. The first-order valence-electron chi connectivity index (χ1n) is 5.85. The molecule has 1 aromatic carbocycles. The summed E-state index contributed by atoms with van der Waals surface area (Å²) in [7, 11) is 3.55. The highest BCUT2D eigenvalue weighted by Gasteiger charge is 2.08. The summed E-state index contributed by atoms with van der Waals surface area (Å²) in [5.74, 6) is 0.930. The van der Waals surface area contributed by atoms with Crippen LogP contribution in [0.25, 0.3) is 0 Å². The van der Waals surface area contributed by atoms with E-state index in [0.717, 1.165) is 28.3 Å². The van der Waals surface area contributed by atoms with Crippen molar-refractivity contribution in [3.05, 3.63) is 35.2 Å². The molecule has 0 spiro atoms. The second kappa shape index (κ2) is 5.08. The molecule has 18 heavy (non-hydrogen) atoms. The van der Waals surface area contributed by atoms with Crippen molar-refractivity contribution < 1.29 is 4.74 Å². The van der Waals surface area contributed by atoms with E-state index in [0.29, 0.717) is 6.54 Å². The molecule has 0 aliphatic carbocycles. The second-order valence-corrected chi connectivity index (χ2v) is 4.33. The third-order valence-electron chi connectivity index (χ3n) is 2.92. The van der Waals surface area contributed by atoms with Gasteiger partial charge in [0.2, 0.25) is 0 Å². The Kier molecular flexibility index (Phi) is 3.50. The number of hydrogen-bond donors (Lipinski definition) is 1. The zero-order chi connectivity index (χ0) is 13.1. The van der Waals surface area contributed by atoms with Gasteiger partial charge in [-0.2, -0.15) is 0 Å². The summed E-state index contributed by atoms with van der Waals surface area (Å²) in [5.41, 5.74) is 4.22. The van der Waals surface area contributed by atoms with Gasteiger partial charge in [-0.3, -0.25) is 4.68 Å². The third kappa shape index (κ3) is 2.45. The molecule has 2 rings (SSSR count). The molecule has 0 unspecified atom stereocenters. The number of aryl methyl sites for hydroxylation is 2. The molecule has 0 saturated heterocycles. The molecule has 5 heteroatoms. The number of nitrogens with zero attached hydrogens (tertiary/aromatic N) is 3. The lowest BCUT2D eigenvalue weighted by molar-refractivity contribution is 0.409. The summed E-state index contributed by atoms with van der Waals surface area (Å²) in [6, 6.07) is 4.11. The van der Waals surface area contributed by atoms with Crippen LogP contribution in [0.15, 0.2) is 18.3 Å². The Labute approximate surface area is 107 Å². The first-order valence-corrected chi connectivity index (χ1v) is 5.85. The molecule has 1 N–H and O–H groups in total. The summed E-state index contributed by atoms with van der Waals surface area (Å²) < 4.78 is 7.09. The van der Waals surface area contributed by atoms with Crippen LogP contribution in [0.2, 0.25) is 0 Å². The minimum Gasteiger partial charge on any atom is -0.496 e. The molecule has 96 valence electrons. The molecule has 2 aromatic rings. The molecule has 0 atom stereocenters. The lowest BCUT2D eigenvalue weighted by atomic mass is 10.1. The number of ether oxygens (including phenoxy) is 1. The lowest BCUT2D eigenvalue weighted by Gasteiger charge is -2.14. The molecule has 0 radical (unpaired) electrons. The van der Waals surface area contributed by atoms with E-state index in [1.165, 1.54) is 0 Å². The van der Waals surface area contributed by atoms with Gasteiger partial charge < -0.3 is 10.1 Å². The number of aromatic nitrogens is 3. The largest absolute Gasteiger partial charge is 0.496 e. The molecule has 0 aliphatic heterocycles. The van der Waals surface area contributed by atoms with E-state index in [1.54, 1.807) is 11.8 Å². The van der Waals surface area contributed by atoms with Crippen molar-refractivity contribution in [3.8, 4) is 5.75 Å². The summed E-state index contributed by atoms with van der Waals surface area (Å²) in [6.45, 7) is 4.74. The molecule has 0 amide bonds. The standard InChI is InChI=1S/C13H18N4O/c1-9-5-6-12(10(2)13(9)18-4)14-7-11-8-17(3)16-15-11/h5-6,8,14H,7H2,1-4H3. The number of anilines is 1. The maximum atomic E-state index is 5.40. The zero-order valence-corrected chi connectivity index (χ0v) is 11.2. The topological polar surface area (TPSA) is 52.0 Å². The molecular weight excluding hydrogens is 228 g/mol. The average molecular weight is 246 g/mol. The molecule has 0 fully saturated rings. The minimum atomic E-state index is 0.654. The van der Waals surface area contributed by atoms with Crippen LogP contribution in [0.1, 0.15) is 16.8 Å². The van der Waals surface area contributed by atoms with E-state index in [9.17, 15) is 0 Å². The number of benzene rings is 1. The van der Waals surface area contributed by atoms with E-state index < -0.39 is 0 Å². The van der Waals surface area contributed by atoms with Crippen LogP contribution in [0.4, 0.5) is 5.69 Å². The van der Waals surface area contributed by atoms with E-state index in [1.807, 2.05) is 33.2 Å². The van der Waals surface area contributed by atoms with Crippen molar-refractivity contribution in [1.82, 2.24) is 15.0 Å². The number of hydrogen-bond acceptors (Lipinski definition) is 4. The first kappa shape index (κ1) is 12.4. The Balaban J connectivity index is 2.14. The summed E-state index contributed by atoms with van der Waals surface area (Å²) in [5, 5.41) is 11.3. The number of methoxy groups -OCH3 is 1. The molecule has 0 bridgehead atoms. The van der Waals surface area contributed by atoms with Gasteiger partial charge in [-0.05, 0) is 25.5 Å². The van der Waals surface area contributed by atoms with E-state index >= 15 is 0 Å². The highest BCUT2D eigenvalue weighted by atomic mass is 16.5. The van der Waals surface area contributed by atoms with Gasteiger partial charge in [0, 0.05) is 24.5 Å². The number of rotatable bonds is 4. The second-order valence-electron chi connectivity index (χ2n) is 4.33. The van der Waals surface area contributed by atoms with Crippen molar-refractivity contribution in [2.75, 3.05) is 12.4 Å². The Hall–Kier alpha value is -2.04. The smallest absolute Gasteiger partial charge is 0.126 e. The van der Waals surface area contributed by atoms with E-state index in [4.69, 9.17) is 4.74 Å². The van der Waals surface area contributed by atoms with Crippen molar-refractivity contribution in [1.29, 1.82) is 0 Å². The van der Waals surface area contributed by atoms with Gasteiger partial charge in [0.05, 0.1) is 13.7 Å². The predicted molar refractivity (Wildman–Crippen MR) is 70.8 cm³/mol. The van der Waals surface area contributed by atoms with Crippen molar-refractivity contribution in [2.45, 2.75) is 20.4 Å². The van der Waals surface area contributed by atoms with Gasteiger partial charge in [-0.1, -0.05) is 11.3 Å². The van der Waals surface area contributed by atoms with Gasteiger partial charge in [-0.15, -0.1) is 5.10 Å². The summed E-state index contributed by atoms with van der Waals surface area (Å²) in [6.07, 6.45) is 1.90. The SMILES string of the molecule is COc1c(C)ccc(NCc2cn(C)nn2)c1C. The molecule has 1 heterocycles. The molecule has 0 saturated carbocycles. The molecule has 1 aromatic heterocycles. The lowest BCUT2D eigenvalue weighted by Crippen LogP contribution is -2.03. The predicted octanol–water partition coefficient (Wildman–Crippen LogP) is 2.05. The van der Waals surface area contributed by atoms with Crippen molar-refractivity contribution >= 4 is 5.69 Å². The van der Waals surface area contributed by atoms with Crippen LogP contribution in [0, 0.1) is 13.8 Å². The van der Waals surface area contributed by atoms with E-state index in [-0.39, 0.29) is 0 Å². The van der Waals surface area contributed by atoms with Gasteiger partial charge in [0.15, 0.2) is 0 Å². The Morgan fingerprint density at radius 1 is 1.33 bits per heavy atom. The third-order valence-corrected chi connectivity index (χ3v) is 2.92. The van der Waals surface area contributed by atoms with Crippen LogP contribution in [0.5, 0.6) is 5.75 Å². The Bertz CT molecular complexity index is 548. The average Bonchev–Trinajstić information content (AvgIpc) is 2.75. The quantitative estimate of drug-likeness (QED) is 0.897. The fraction of sp³-hybridized carbons (Fsp3) is 0.385. The molecular formula is C13H18N4O. The molecule has 5 nitrogen and oxygen atoms in total. The van der Waals surface area contributed by atoms with Gasteiger partial charge in [0.1, 0.15) is 11.4 Å². The van der Waals surface area contributed by atoms with Crippen molar-refractivity contribution in [2.24, 2.45) is 7.05 Å². The van der Waals surface area contributed by atoms with Gasteiger partial charge in [-0.25, -0.2) is 0 Å². The fourth-order valence-electron chi connectivity index (χ4n) is 1.99. The van der Waals surface area contributed by atoms with Crippen LogP contribution < -0.4 is 10.1 Å². The van der Waals surface area contributed by atoms with E-state index in [2.05, 4.69) is 21.7 Å².